The number of nitrogens with one attached hydrogen (secondary N) is 1. The van der Waals surface area contributed by atoms with E-state index in [1.54, 1.807) is 0 Å². The molecule has 4 rings (SSSR count). The number of hydrogen-bond donors (Lipinski definition) is 2. The third kappa shape index (κ3) is 8.03. The van der Waals surface area contributed by atoms with Gasteiger partial charge in [-0.25, -0.2) is 0 Å². The fourth-order valence-corrected chi connectivity index (χ4v) is 4.53. The predicted molar refractivity (Wildman–Crippen MR) is 143 cm³/mol. The number of benzene rings is 2. The number of carbonyl (C=O) groups is 2. The molecule has 1 saturated heterocycles. The summed E-state index contributed by atoms with van der Waals surface area (Å²) in [7, 11) is 0. The van der Waals surface area contributed by atoms with Crippen molar-refractivity contribution in [1.82, 2.24) is 4.90 Å². The number of anilines is 2. The zero-order valence-corrected chi connectivity index (χ0v) is 21.4. The molecular weight excluding hydrogens is 482 g/mol. The average Bonchev–Trinajstić information content (AvgIpc) is 2.87. The first-order valence-electron chi connectivity index (χ1n) is 12.5. The largest absolute Gasteiger partial charge is 0.494 e. The van der Waals surface area contributed by atoms with Crippen LogP contribution in [-0.2, 0) is 16.0 Å². The summed E-state index contributed by atoms with van der Waals surface area (Å²) in [6.07, 6.45) is 4.03. The summed E-state index contributed by atoms with van der Waals surface area (Å²) in [5, 5.41) is 11.7. The third-order valence-corrected chi connectivity index (χ3v) is 6.49. The Morgan fingerprint density at radius 2 is 1.72 bits per heavy atom. The van der Waals surface area contributed by atoms with E-state index in [1.807, 2.05) is 36.4 Å². The number of carboxylic acid groups (broad SMARTS) is 1. The van der Waals surface area contributed by atoms with Gasteiger partial charge in [0.2, 0.25) is 5.91 Å². The Labute approximate surface area is 219 Å². The normalized spacial score (nSPS) is 15.4. The van der Waals surface area contributed by atoms with Gasteiger partial charge in [-0.15, -0.1) is 12.4 Å². The van der Waals surface area contributed by atoms with Crippen LogP contribution in [-0.4, -0.2) is 67.8 Å². The topological polar surface area (TPSA) is 91.3 Å². The summed E-state index contributed by atoms with van der Waals surface area (Å²) in [5.41, 5.74) is 3.13. The van der Waals surface area contributed by atoms with Crippen LogP contribution in [0.4, 0.5) is 11.4 Å². The molecule has 0 aliphatic carbocycles. The summed E-state index contributed by atoms with van der Waals surface area (Å²) >= 11 is 0. The first kappa shape index (κ1) is 27.6. The van der Waals surface area contributed by atoms with E-state index in [1.165, 1.54) is 5.56 Å². The number of carbonyl (C=O) groups excluding carboxylic acids is 1. The first-order chi connectivity index (χ1) is 17.1. The van der Waals surface area contributed by atoms with Gasteiger partial charge in [0.15, 0.2) is 0 Å². The maximum absolute atomic E-state index is 11.6. The molecule has 0 atom stereocenters. The Bertz CT molecular complexity index is 1010. The SMILES string of the molecule is Cl.O=C(O)CCCOc1ccccc1N1CCN(CCCCOc2ccc3c(c2)NC(=O)CC3)CC1. The number of aryl methyl sites for hydroxylation is 1. The van der Waals surface area contributed by atoms with Gasteiger partial charge in [0, 0.05) is 50.8 Å². The second-order valence-electron chi connectivity index (χ2n) is 9.06. The molecule has 2 aliphatic heterocycles. The van der Waals surface area contributed by atoms with Crippen LogP contribution in [0.25, 0.3) is 0 Å². The summed E-state index contributed by atoms with van der Waals surface area (Å²) in [4.78, 5) is 27.1. The molecule has 0 aromatic heterocycles. The van der Waals surface area contributed by atoms with Crippen molar-refractivity contribution in [3.63, 3.8) is 0 Å². The number of fused-ring (bicyclic) bond motifs is 1. The van der Waals surface area contributed by atoms with Crippen LogP contribution in [0.15, 0.2) is 42.5 Å². The summed E-state index contributed by atoms with van der Waals surface area (Å²) < 4.78 is 11.8. The lowest BCUT2D eigenvalue weighted by Crippen LogP contribution is -2.46. The molecule has 0 spiro atoms. The average molecular weight is 518 g/mol. The lowest BCUT2D eigenvalue weighted by Gasteiger charge is -2.36. The van der Waals surface area contributed by atoms with E-state index in [0.717, 1.165) is 74.9 Å². The molecule has 2 aromatic rings. The molecule has 0 radical (unpaired) electrons. The van der Waals surface area contributed by atoms with E-state index in [2.05, 4.69) is 21.2 Å². The minimum absolute atomic E-state index is 0. The molecule has 0 unspecified atom stereocenters. The summed E-state index contributed by atoms with van der Waals surface area (Å²) in [6, 6.07) is 14.0. The highest BCUT2D eigenvalue weighted by molar-refractivity contribution is 5.94. The summed E-state index contributed by atoms with van der Waals surface area (Å²) in [5.74, 6) is 0.910. The lowest BCUT2D eigenvalue weighted by atomic mass is 10.0. The molecule has 196 valence electrons. The summed E-state index contributed by atoms with van der Waals surface area (Å²) in [6.45, 7) is 5.99. The molecule has 2 heterocycles. The molecule has 2 aromatic carbocycles. The Hall–Kier alpha value is -2.97. The monoisotopic (exact) mass is 517 g/mol. The molecule has 0 bridgehead atoms. The van der Waals surface area contributed by atoms with E-state index in [0.29, 0.717) is 26.1 Å². The van der Waals surface area contributed by atoms with Gasteiger partial charge in [0.1, 0.15) is 11.5 Å². The Morgan fingerprint density at radius 1 is 0.944 bits per heavy atom. The molecule has 2 N–H and O–H groups in total. The molecule has 2 aliphatic rings. The standard InChI is InChI=1S/C27H35N3O5.ClH/c31-26-12-10-21-9-11-22(20-23(21)28-26)34-18-4-3-13-29-14-16-30(17-15-29)24-6-1-2-7-25(24)35-19-5-8-27(32)33;/h1-2,6-7,9,11,20H,3-5,8,10,12-19H2,(H,28,31)(H,32,33);1H. The van der Waals surface area contributed by atoms with E-state index in [4.69, 9.17) is 14.6 Å². The molecule has 8 nitrogen and oxygen atoms in total. The predicted octanol–water partition coefficient (Wildman–Crippen LogP) is 4.22. The maximum Gasteiger partial charge on any atom is 0.303 e. The van der Waals surface area contributed by atoms with Crippen LogP contribution in [0.1, 0.15) is 37.7 Å². The maximum atomic E-state index is 11.6. The van der Waals surface area contributed by atoms with Crippen LogP contribution < -0.4 is 19.7 Å². The van der Waals surface area contributed by atoms with Gasteiger partial charge in [-0.1, -0.05) is 18.2 Å². The van der Waals surface area contributed by atoms with Crippen molar-refractivity contribution in [2.45, 2.75) is 38.5 Å². The minimum atomic E-state index is -0.793. The number of ether oxygens (including phenoxy) is 2. The zero-order valence-electron chi connectivity index (χ0n) is 20.6. The van der Waals surface area contributed by atoms with Crippen LogP contribution in [0.5, 0.6) is 11.5 Å². The number of aliphatic carboxylic acids is 1. The van der Waals surface area contributed by atoms with Crippen LogP contribution in [0.3, 0.4) is 0 Å². The number of halogens is 1. The molecular formula is C27H36ClN3O5. The van der Waals surface area contributed by atoms with Crippen molar-refractivity contribution < 1.29 is 24.2 Å². The van der Waals surface area contributed by atoms with Gasteiger partial charge in [0.05, 0.1) is 18.9 Å². The van der Waals surface area contributed by atoms with E-state index < -0.39 is 5.97 Å². The molecule has 1 amide bonds. The second-order valence-corrected chi connectivity index (χ2v) is 9.06. The third-order valence-electron chi connectivity index (χ3n) is 6.49. The van der Waals surface area contributed by atoms with Crippen LogP contribution in [0, 0.1) is 0 Å². The van der Waals surface area contributed by atoms with Gasteiger partial charge < -0.3 is 24.8 Å². The zero-order chi connectivity index (χ0) is 24.5. The first-order valence-corrected chi connectivity index (χ1v) is 12.5. The van der Waals surface area contributed by atoms with Crippen LogP contribution in [0.2, 0.25) is 0 Å². The quantitative estimate of drug-likeness (QED) is 0.407. The number of piperazine rings is 1. The Kier molecular flexibility index (Phi) is 10.7. The Morgan fingerprint density at radius 3 is 2.53 bits per heavy atom. The highest BCUT2D eigenvalue weighted by Crippen LogP contribution is 2.29. The second kappa shape index (κ2) is 13.9. The molecule has 36 heavy (non-hydrogen) atoms. The number of unbranched alkanes of at least 4 members (excludes halogenated alkanes) is 1. The van der Waals surface area contributed by atoms with Gasteiger partial charge in [0.25, 0.3) is 0 Å². The van der Waals surface area contributed by atoms with E-state index in [-0.39, 0.29) is 24.7 Å². The fourth-order valence-electron chi connectivity index (χ4n) is 4.53. The van der Waals surface area contributed by atoms with Crippen molar-refractivity contribution in [2.24, 2.45) is 0 Å². The van der Waals surface area contributed by atoms with Crippen molar-refractivity contribution in [3.8, 4) is 11.5 Å². The minimum Gasteiger partial charge on any atom is -0.494 e. The van der Waals surface area contributed by atoms with E-state index in [9.17, 15) is 9.59 Å². The smallest absolute Gasteiger partial charge is 0.303 e. The van der Waals surface area contributed by atoms with Gasteiger partial charge in [-0.05, 0) is 56.0 Å². The molecule has 1 fully saturated rings. The number of para-hydroxylation sites is 2. The van der Waals surface area contributed by atoms with Crippen molar-refractivity contribution in [2.75, 3.05) is 56.2 Å². The van der Waals surface area contributed by atoms with Gasteiger partial charge >= 0.3 is 5.97 Å². The number of hydrogen-bond acceptors (Lipinski definition) is 6. The Balaban J connectivity index is 0.00000361. The number of carboxylic acids is 1. The van der Waals surface area contributed by atoms with E-state index >= 15 is 0 Å². The molecule has 0 saturated carbocycles. The lowest BCUT2D eigenvalue weighted by molar-refractivity contribution is -0.137. The van der Waals surface area contributed by atoms with Crippen molar-refractivity contribution in [3.05, 3.63) is 48.0 Å². The number of amides is 1. The molecule has 9 heteroatoms. The van der Waals surface area contributed by atoms with Crippen LogP contribution >= 0.6 is 12.4 Å². The number of rotatable bonds is 12. The van der Waals surface area contributed by atoms with Gasteiger partial charge in [-0.3, -0.25) is 14.5 Å². The fraction of sp³-hybridized carbons (Fsp3) is 0.481. The van der Waals surface area contributed by atoms with Gasteiger partial charge in [-0.2, -0.15) is 0 Å². The van der Waals surface area contributed by atoms with Crippen molar-refractivity contribution in [1.29, 1.82) is 0 Å². The number of nitrogens with zero attached hydrogens (tertiary/aromatic N) is 2. The van der Waals surface area contributed by atoms with Crippen molar-refractivity contribution >= 4 is 35.7 Å². The highest BCUT2D eigenvalue weighted by Gasteiger charge is 2.19. The highest BCUT2D eigenvalue weighted by atomic mass is 35.5.